The highest BCUT2D eigenvalue weighted by Gasteiger charge is 2.34. The van der Waals surface area contributed by atoms with Crippen LogP contribution in [0.5, 0.6) is 0 Å². The number of rotatable bonds is 7. The molecule has 2 aromatic rings. The second-order valence-corrected chi connectivity index (χ2v) is 9.91. The summed E-state index contributed by atoms with van der Waals surface area (Å²) < 4.78 is 0.864. The normalized spacial score (nSPS) is 16.2. The molecule has 33 heavy (non-hydrogen) atoms. The van der Waals surface area contributed by atoms with Gasteiger partial charge in [-0.1, -0.05) is 54.0 Å². The number of piperidine rings is 1. The van der Waals surface area contributed by atoms with Crippen LogP contribution in [0, 0.1) is 11.8 Å². The summed E-state index contributed by atoms with van der Waals surface area (Å²) in [4.78, 5) is 40.8. The van der Waals surface area contributed by atoms with Crippen LogP contribution in [-0.4, -0.2) is 47.8 Å². The number of benzene rings is 2. The topological polar surface area (TPSA) is 78.5 Å². The molecule has 0 unspecified atom stereocenters. The molecule has 1 saturated heterocycles. The highest BCUT2D eigenvalue weighted by molar-refractivity contribution is 9.10. The summed E-state index contributed by atoms with van der Waals surface area (Å²) in [7, 11) is 0. The zero-order valence-electron chi connectivity index (χ0n) is 19.4. The molecule has 1 heterocycles. The van der Waals surface area contributed by atoms with Gasteiger partial charge in [-0.05, 0) is 61.9 Å². The number of halogens is 1. The molecular weight excluding hydrogens is 482 g/mol. The Morgan fingerprint density at radius 2 is 1.55 bits per heavy atom. The van der Waals surface area contributed by atoms with Crippen LogP contribution in [-0.2, 0) is 4.79 Å². The Balaban J connectivity index is 1.70. The molecule has 0 aliphatic carbocycles. The van der Waals surface area contributed by atoms with Gasteiger partial charge in [-0.25, -0.2) is 0 Å². The Hall–Kier alpha value is -2.67. The lowest BCUT2D eigenvalue weighted by molar-refractivity contribution is -0.125. The first-order valence-corrected chi connectivity index (χ1v) is 12.3. The molecule has 0 aromatic heterocycles. The molecule has 7 heteroatoms. The third-order valence-electron chi connectivity index (χ3n) is 6.34. The first-order chi connectivity index (χ1) is 15.8. The number of carbonyl (C=O) groups is 3. The van der Waals surface area contributed by atoms with E-state index >= 15 is 0 Å². The number of nitrogens with zero attached hydrogens (tertiary/aromatic N) is 1. The van der Waals surface area contributed by atoms with Crippen LogP contribution in [0.3, 0.4) is 0 Å². The Morgan fingerprint density at radius 3 is 2.15 bits per heavy atom. The van der Waals surface area contributed by atoms with Gasteiger partial charge in [0.15, 0.2) is 0 Å². The predicted molar refractivity (Wildman–Crippen MR) is 133 cm³/mol. The first kappa shape index (κ1) is 25.0. The molecule has 0 saturated carbocycles. The van der Waals surface area contributed by atoms with Gasteiger partial charge >= 0.3 is 0 Å². The van der Waals surface area contributed by atoms with E-state index in [1.54, 1.807) is 24.3 Å². The molecule has 2 aromatic carbocycles. The van der Waals surface area contributed by atoms with Gasteiger partial charge in [0.05, 0.1) is 0 Å². The van der Waals surface area contributed by atoms with Crippen LogP contribution in [0.25, 0.3) is 0 Å². The lowest BCUT2D eigenvalue weighted by atomic mass is 9.87. The van der Waals surface area contributed by atoms with Gasteiger partial charge in [0.2, 0.25) is 5.91 Å². The van der Waals surface area contributed by atoms with Crippen molar-refractivity contribution in [3.05, 3.63) is 70.2 Å². The van der Waals surface area contributed by atoms with Crippen LogP contribution < -0.4 is 10.6 Å². The molecule has 1 fully saturated rings. The fourth-order valence-electron chi connectivity index (χ4n) is 3.93. The quantitative estimate of drug-likeness (QED) is 0.580. The summed E-state index contributed by atoms with van der Waals surface area (Å²) in [5, 5.41) is 6.03. The van der Waals surface area contributed by atoms with Crippen LogP contribution >= 0.6 is 15.9 Å². The van der Waals surface area contributed by atoms with E-state index in [4.69, 9.17) is 0 Å². The van der Waals surface area contributed by atoms with Crippen molar-refractivity contribution in [2.24, 2.45) is 11.8 Å². The average Bonchev–Trinajstić information content (AvgIpc) is 2.82. The van der Waals surface area contributed by atoms with Gasteiger partial charge in [-0.3, -0.25) is 14.4 Å². The molecule has 0 bridgehead atoms. The van der Waals surface area contributed by atoms with E-state index in [-0.39, 0.29) is 35.6 Å². The Labute approximate surface area is 204 Å². The van der Waals surface area contributed by atoms with Crippen LogP contribution in [0.1, 0.15) is 54.3 Å². The summed E-state index contributed by atoms with van der Waals surface area (Å²) in [5.74, 6) is -0.219. The van der Waals surface area contributed by atoms with Crippen molar-refractivity contribution < 1.29 is 14.4 Å². The highest BCUT2D eigenvalue weighted by Crippen LogP contribution is 2.24. The number of likely N-dealkylation sites (tertiary alicyclic amines) is 1. The fraction of sp³-hybridized carbons (Fsp3) is 0.423. The van der Waals surface area contributed by atoms with Gasteiger partial charge in [0.25, 0.3) is 11.8 Å². The third-order valence-corrected chi connectivity index (χ3v) is 6.84. The van der Waals surface area contributed by atoms with E-state index in [0.29, 0.717) is 37.1 Å². The molecule has 2 N–H and O–H groups in total. The maximum Gasteiger partial charge on any atom is 0.253 e. The smallest absolute Gasteiger partial charge is 0.253 e. The van der Waals surface area contributed by atoms with Crippen molar-refractivity contribution >= 4 is 33.7 Å². The summed E-state index contributed by atoms with van der Waals surface area (Å²) in [6.45, 7) is 7.16. The van der Waals surface area contributed by atoms with E-state index in [1.165, 1.54) is 0 Å². The van der Waals surface area contributed by atoms with Crippen LogP contribution in [0.15, 0.2) is 59.1 Å². The van der Waals surface area contributed by atoms with Crippen molar-refractivity contribution in [2.75, 3.05) is 13.1 Å². The molecule has 1 aliphatic heterocycles. The molecule has 0 radical (unpaired) electrons. The van der Waals surface area contributed by atoms with Gasteiger partial charge < -0.3 is 15.5 Å². The fourth-order valence-corrected chi connectivity index (χ4v) is 4.33. The Bertz CT molecular complexity index is 972. The maximum atomic E-state index is 13.2. The molecule has 6 nitrogen and oxygen atoms in total. The second-order valence-electron chi connectivity index (χ2n) is 9.00. The molecule has 3 amide bonds. The number of hydrogen-bond donors (Lipinski definition) is 2. The predicted octanol–water partition coefficient (Wildman–Crippen LogP) is 4.26. The van der Waals surface area contributed by atoms with Crippen LogP contribution in [0.4, 0.5) is 0 Å². The maximum absolute atomic E-state index is 13.2. The number of amides is 3. The monoisotopic (exact) mass is 513 g/mol. The number of nitrogens with one attached hydrogen (secondary N) is 2. The molecule has 0 spiro atoms. The Morgan fingerprint density at radius 1 is 0.909 bits per heavy atom. The molecular formula is C26H32BrN3O3. The molecule has 1 aliphatic rings. The lowest BCUT2D eigenvalue weighted by Gasteiger charge is -2.36. The largest absolute Gasteiger partial charge is 0.352 e. The van der Waals surface area contributed by atoms with E-state index in [2.05, 4.69) is 40.4 Å². The number of carbonyl (C=O) groups excluding carboxylic acids is 3. The highest BCUT2D eigenvalue weighted by atomic mass is 79.9. The number of hydrogen-bond acceptors (Lipinski definition) is 3. The minimum absolute atomic E-state index is 0.00757. The van der Waals surface area contributed by atoms with E-state index < -0.39 is 6.04 Å². The minimum atomic E-state index is -0.651. The standard InChI is InChI=1S/C26H32BrN3O3/c1-17(2)18(3)28-25(32)23(29-24(31)20-8-5-4-6-9-20)19-12-14-30(15-13-19)26(33)21-10-7-11-22(27)16-21/h4-11,16-19,23H,12-15H2,1-3H3,(H,28,32)(H,29,31)/t18-,23-/m1/s1. The van der Waals surface area contributed by atoms with Crippen molar-refractivity contribution in [1.82, 2.24) is 15.5 Å². The molecule has 176 valence electrons. The van der Waals surface area contributed by atoms with Crippen molar-refractivity contribution in [3.8, 4) is 0 Å². The van der Waals surface area contributed by atoms with Gasteiger partial charge in [0.1, 0.15) is 6.04 Å². The van der Waals surface area contributed by atoms with E-state index in [0.717, 1.165) is 4.47 Å². The summed E-state index contributed by atoms with van der Waals surface area (Å²) in [6.07, 6.45) is 1.28. The van der Waals surface area contributed by atoms with Crippen molar-refractivity contribution in [1.29, 1.82) is 0 Å². The van der Waals surface area contributed by atoms with Crippen molar-refractivity contribution in [3.63, 3.8) is 0 Å². The van der Waals surface area contributed by atoms with Crippen LogP contribution in [0.2, 0.25) is 0 Å². The minimum Gasteiger partial charge on any atom is -0.352 e. The SMILES string of the molecule is CC(C)[C@@H](C)NC(=O)[C@H](NC(=O)c1ccccc1)C1CCN(C(=O)c2cccc(Br)c2)CC1. The van der Waals surface area contributed by atoms with E-state index in [9.17, 15) is 14.4 Å². The van der Waals surface area contributed by atoms with Gasteiger partial charge in [-0.2, -0.15) is 0 Å². The van der Waals surface area contributed by atoms with Gasteiger partial charge in [-0.15, -0.1) is 0 Å². The summed E-state index contributed by atoms with van der Waals surface area (Å²) in [6, 6.07) is 15.6. The third kappa shape index (κ3) is 6.67. The lowest BCUT2D eigenvalue weighted by Crippen LogP contribution is -2.55. The molecule has 3 rings (SSSR count). The first-order valence-electron chi connectivity index (χ1n) is 11.5. The molecule has 2 atom stereocenters. The second kappa shape index (κ2) is 11.5. The zero-order chi connectivity index (χ0) is 24.0. The Kier molecular flexibility index (Phi) is 8.67. The summed E-state index contributed by atoms with van der Waals surface area (Å²) >= 11 is 3.42. The zero-order valence-corrected chi connectivity index (χ0v) is 21.0. The average molecular weight is 514 g/mol. The van der Waals surface area contributed by atoms with Crippen molar-refractivity contribution in [2.45, 2.75) is 45.7 Å². The van der Waals surface area contributed by atoms with Gasteiger partial charge in [0, 0.05) is 34.7 Å². The summed E-state index contributed by atoms with van der Waals surface area (Å²) in [5.41, 5.74) is 1.16. The van der Waals surface area contributed by atoms with E-state index in [1.807, 2.05) is 42.2 Å².